The van der Waals surface area contributed by atoms with Crippen LogP contribution >= 0.6 is 12.2 Å². The molecule has 122 valence electrons. The van der Waals surface area contributed by atoms with Crippen molar-refractivity contribution in [1.29, 1.82) is 0 Å². The van der Waals surface area contributed by atoms with Crippen LogP contribution in [0.5, 0.6) is 0 Å². The summed E-state index contributed by atoms with van der Waals surface area (Å²) in [6.07, 6.45) is 9.95. The average Bonchev–Trinajstić information content (AvgIpc) is 2.51. The predicted octanol–water partition coefficient (Wildman–Crippen LogP) is 3.24. The van der Waals surface area contributed by atoms with Gasteiger partial charge in [0.15, 0.2) is 5.11 Å². The molecule has 1 aromatic rings. The van der Waals surface area contributed by atoms with Crippen molar-refractivity contribution in [3.63, 3.8) is 0 Å². The first-order chi connectivity index (χ1) is 11.1. The van der Waals surface area contributed by atoms with E-state index in [4.69, 9.17) is 12.2 Å². The summed E-state index contributed by atoms with van der Waals surface area (Å²) >= 11 is 5.51. The van der Waals surface area contributed by atoms with E-state index in [1.165, 1.54) is 38.5 Å². The van der Waals surface area contributed by atoms with Crippen LogP contribution in [-0.2, 0) is 0 Å². The molecule has 0 saturated heterocycles. The largest absolute Gasteiger partial charge is 0.356 e. The zero-order valence-electron chi connectivity index (χ0n) is 13.6. The van der Waals surface area contributed by atoms with Crippen molar-refractivity contribution in [3.05, 3.63) is 30.1 Å². The molecule has 4 aliphatic carbocycles. The molecule has 0 aromatic carbocycles. The maximum atomic E-state index is 5.51. The van der Waals surface area contributed by atoms with E-state index >= 15 is 0 Å². The third-order valence-electron chi connectivity index (χ3n) is 5.78. The number of hydrogen-bond donors (Lipinski definition) is 2. The van der Waals surface area contributed by atoms with Crippen LogP contribution in [0.2, 0.25) is 0 Å². The minimum atomic E-state index is 0.229. The van der Waals surface area contributed by atoms with Crippen LogP contribution in [0.4, 0.5) is 0 Å². The van der Waals surface area contributed by atoms with Crippen molar-refractivity contribution in [2.45, 2.75) is 51.0 Å². The fourth-order valence-corrected chi connectivity index (χ4v) is 5.56. The highest BCUT2D eigenvalue weighted by molar-refractivity contribution is 7.80. The predicted molar refractivity (Wildman–Crippen MR) is 96.2 cm³/mol. The van der Waals surface area contributed by atoms with Crippen LogP contribution in [0.25, 0.3) is 0 Å². The minimum Gasteiger partial charge on any atom is -0.356 e. The third-order valence-corrected chi connectivity index (χ3v) is 5.97. The maximum absolute atomic E-state index is 5.51. The van der Waals surface area contributed by atoms with E-state index in [1.807, 2.05) is 25.1 Å². The molecule has 0 aliphatic heterocycles. The van der Waals surface area contributed by atoms with Gasteiger partial charge in [-0.15, -0.1) is 0 Å². The zero-order valence-corrected chi connectivity index (χ0v) is 14.4. The molecular weight excluding hydrogens is 304 g/mol. The highest BCUT2D eigenvalue weighted by Crippen LogP contribution is 2.55. The van der Waals surface area contributed by atoms with Gasteiger partial charge in [0.25, 0.3) is 0 Å². The number of aromatic nitrogens is 1. The summed E-state index contributed by atoms with van der Waals surface area (Å²) in [6.45, 7) is 1.95. The fraction of sp³-hybridized carbons (Fsp3) is 0.611. The Morgan fingerprint density at radius 3 is 2.39 bits per heavy atom. The van der Waals surface area contributed by atoms with E-state index in [0.29, 0.717) is 5.11 Å². The number of rotatable bonds is 3. The molecule has 0 atom stereocenters. The van der Waals surface area contributed by atoms with Crippen LogP contribution in [0.15, 0.2) is 29.5 Å². The van der Waals surface area contributed by atoms with Crippen molar-refractivity contribution >= 4 is 23.0 Å². The van der Waals surface area contributed by atoms with Gasteiger partial charge in [0.1, 0.15) is 0 Å². The Balaban J connectivity index is 1.39. The van der Waals surface area contributed by atoms with E-state index < -0.39 is 0 Å². The van der Waals surface area contributed by atoms with Gasteiger partial charge >= 0.3 is 0 Å². The summed E-state index contributed by atoms with van der Waals surface area (Å²) in [4.78, 5) is 4.30. The molecule has 0 unspecified atom stereocenters. The average molecular weight is 328 g/mol. The molecule has 4 aliphatic rings. The number of thiocarbonyl (C=S) groups is 1. The first-order valence-corrected chi connectivity index (χ1v) is 9.06. The number of pyridine rings is 1. The highest BCUT2D eigenvalue weighted by Gasteiger charge is 2.51. The molecule has 0 amide bonds. The van der Waals surface area contributed by atoms with Crippen LogP contribution in [0, 0.1) is 17.8 Å². The molecule has 4 bridgehead atoms. The Morgan fingerprint density at radius 2 is 1.83 bits per heavy atom. The Labute approximate surface area is 143 Å². The number of hydrazone groups is 1. The third kappa shape index (κ3) is 3.11. The molecule has 1 heterocycles. The van der Waals surface area contributed by atoms with Crippen molar-refractivity contribution in [2.75, 3.05) is 0 Å². The van der Waals surface area contributed by atoms with Gasteiger partial charge in [0.2, 0.25) is 0 Å². The molecule has 23 heavy (non-hydrogen) atoms. The summed E-state index contributed by atoms with van der Waals surface area (Å²) in [7, 11) is 0. The lowest BCUT2D eigenvalue weighted by molar-refractivity contribution is -0.0101. The Morgan fingerprint density at radius 1 is 1.17 bits per heavy atom. The molecule has 1 aromatic heterocycles. The van der Waals surface area contributed by atoms with Gasteiger partial charge in [0, 0.05) is 11.7 Å². The number of nitrogens with zero attached hydrogens (tertiary/aromatic N) is 2. The molecule has 0 radical (unpaired) electrons. The second kappa shape index (κ2) is 5.86. The lowest BCUT2D eigenvalue weighted by Crippen LogP contribution is -2.61. The number of nitrogens with one attached hydrogen (secondary N) is 2. The Kier molecular flexibility index (Phi) is 3.84. The van der Waals surface area contributed by atoms with Crippen molar-refractivity contribution < 1.29 is 0 Å². The van der Waals surface area contributed by atoms with Gasteiger partial charge in [-0.05, 0) is 87.6 Å². The maximum Gasteiger partial charge on any atom is 0.187 e. The molecule has 5 heteroatoms. The molecule has 4 fully saturated rings. The topological polar surface area (TPSA) is 49.3 Å². The molecule has 0 spiro atoms. The van der Waals surface area contributed by atoms with Gasteiger partial charge < -0.3 is 5.32 Å². The normalized spacial score (nSPS) is 35.2. The fourth-order valence-electron chi connectivity index (χ4n) is 5.30. The summed E-state index contributed by atoms with van der Waals surface area (Å²) < 4.78 is 0. The second-order valence-electron chi connectivity index (χ2n) is 7.68. The SMILES string of the molecule is C/C(=N\NC(=S)NC12CC3CC(CC(C3)C1)C2)c1ccccn1. The van der Waals surface area contributed by atoms with Crippen molar-refractivity contribution in [1.82, 2.24) is 15.7 Å². The lowest BCUT2D eigenvalue weighted by Gasteiger charge is -2.57. The van der Waals surface area contributed by atoms with E-state index in [9.17, 15) is 0 Å². The first kappa shape index (κ1) is 15.1. The monoisotopic (exact) mass is 328 g/mol. The first-order valence-electron chi connectivity index (χ1n) is 8.66. The number of hydrogen-bond acceptors (Lipinski definition) is 3. The van der Waals surface area contributed by atoms with Gasteiger partial charge in [-0.25, -0.2) is 0 Å². The van der Waals surface area contributed by atoms with E-state index in [0.717, 1.165) is 29.2 Å². The molecular formula is C18H24N4S. The van der Waals surface area contributed by atoms with E-state index in [1.54, 1.807) is 6.20 Å². The van der Waals surface area contributed by atoms with Crippen LogP contribution in [0.3, 0.4) is 0 Å². The van der Waals surface area contributed by atoms with Gasteiger partial charge in [-0.3, -0.25) is 10.4 Å². The van der Waals surface area contributed by atoms with Gasteiger partial charge in [-0.2, -0.15) is 5.10 Å². The van der Waals surface area contributed by atoms with E-state index in [2.05, 4.69) is 20.8 Å². The van der Waals surface area contributed by atoms with Crippen molar-refractivity contribution in [2.24, 2.45) is 22.9 Å². The molecule has 4 saturated carbocycles. The minimum absolute atomic E-state index is 0.229. The Hall–Kier alpha value is -1.49. The van der Waals surface area contributed by atoms with Crippen LogP contribution < -0.4 is 10.7 Å². The summed E-state index contributed by atoms with van der Waals surface area (Å²) in [5.41, 5.74) is 4.97. The zero-order chi connectivity index (χ0) is 15.9. The van der Waals surface area contributed by atoms with Crippen molar-refractivity contribution in [3.8, 4) is 0 Å². The second-order valence-corrected chi connectivity index (χ2v) is 8.08. The lowest BCUT2D eigenvalue weighted by atomic mass is 9.53. The highest BCUT2D eigenvalue weighted by atomic mass is 32.1. The Bertz CT molecular complexity index is 590. The summed E-state index contributed by atoms with van der Waals surface area (Å²) in [6, 6.07) is 5.83. The van der Waals surface area contributed by atoms with Gasteiger partial charge in [0.05, 0.1) is 11.4 Å². The molecule has 2 N–H and O–H groups in total. The van der Waals surface area contributed by atoms with Crippen LogP contribution in [0.1, 0.15) is 51.1 Å². The van der Waals surface area contributed by atoms with E-state index in [-0.39, 0.29) is 5.54 Å². The molecule has 5 rings (SSSR count). The quantitative estimate of drug-likeness (QED) is 0.508. The summed E-state index contributed by atoms with van der Waals surface area (Å²) in [5.74, 6) is 2.74. The summed E-state index contributed by atoms with van der Waals surface area (Å²) in [5, 5.41) is 8.67. The smallest absolute Gasteiger partial charge is 0.187 e. The van der Waals surface area contributed by atoms with Gasteiger partial charge in [-0.1, -0.05) is 6.07 Å². The van der Waals surface area contributed by atoms with Crippen LogP contribution in [-0.4, -0.2) is 21.3 Å². The molecule has 4 nitrogen and oxygen atoms in total. The standard InChI is InChI=1S/C18H24N4S/c1-12(16-4-2-3-5-19-16)21-22-17(23)20-18-9-13-6-14(10-18)8-15(7-13)11-18/h2-5,13-15H,6-11H2,1H3,(H2,20,22,23)/b21-12+.